The highest BCUT2D eigenvalue weighted by Gasteiger charge is 2.27. The fraction of sp³-hybridized carbons (Fsp3) is 0.522. The van der Waals surface area contributed by atoms with Gasteiger partial charge >= 0.3 is 0 Å². The summed E-state index contributed by atoms with van der Waals surface area (Å²) in [5.74, 6) is 1.90. The Kier molecular flexibility index (Phi) is 5.46. The molecular formula is C23H29N5S. The normalized spacial score (nSPS) is 19.1. The first-order valence-electron chi connectivity index (χ1n) is 11.0. The average Bonchev–Trinajstić information content (AvgIpc) is 3.23. The lowest BCUT2D eigenvalue weighted by molar-refractivity contribution is 0.148. The van der Waals surface area contributed by atoms with E-state index in [9.17, 15) is 0 Å². The maximum atomic E-state index is 5.04. The Hall–Kier alpha value is -2.05. The molecule has 0 aromatic carbocycles. The minimum Gasteiger partial charge on any atom is -0.353 e. The topological polar surface area (TPSA) is 45.2 Å². The van der Waals surface area contributed by atoms with Crippen molar-refractivity contribution in [3.63, 3.8) is 0 Å². The molecule has 5 rings (SSSR count). The van der Waals surface area contributed by atoms with Crippen molar-refractivity contribution in [2.75, 3.05) is 31.1 Å². The van der Waals surface area contributed by atoms with Crippen LogP contribution in [-0.4, -0.2) is 52.1 Å². The third-order valence-corrected chi connectivity index (χ3v) is 7.57. The van der Waals surface area contributed by atoms with Gasteiger partial charge in [-0.3, -0.25) is 9.88 Å². The number of aromatic nitrogens is 3. The van der Waals surface area contributed by atoms with Crippen molar-refractivity contribution >= 4 is 27.4 Å². The van der Waals surface area contributed by atoms with Crippen molar-refractivity contribution in [3.05, 3.63) is 35.5 Å². The van der Waals surface area contributed by atoms with Crippen LogP contribution in [0, 0.1) is 0 Å². The predicted molar refractivity (Wildman–Crippen MR) is 121 cm³/mol. The summed E-state index contributed by atoms with van der Waals surface area (Å²) in [5.41, 5.74) is 0.989. The number of aryl methyl sites for hydroxylation is 1. The molecule has 0 N–H and O–H groups in total. The SMILES string of the molecule is CCc1cc2c(N3CCN(C4CCCCC4)CC3)nc(-c3cccnc3)nc2s1. The Morgan fingerprint density at radius 2 is 1.90 bits per heavy atom. The highest BCUT2D eigenvalue weighted by Crippen LogP contribution is 2.34. The van der Waals surface area contributed by atoms with Crippen molar-refractivity contribution < 1.29 is 0 Å². The molecule has 152 valence electrons. The van der Waals surface area contributed by atoms with E-state index in [2.05, 4.69) is 27.8 Å². The Morgan fingerprint density at radius 3 is 2.62 bits per heavy atom. The molecule has 2 fully saturated rings. The first-order valence-corrected chi connectivity index (χ1v) is 11.8. The highest BCUT2D eigenvalue weighted by atomic mass is 32.1. The van der Waals surface area contributed by atoms with Crippen LogP contribution in [0.5, 0.6) is 0 Å². The lowest BCUT2D eigenvalue weighted by Crippen LogP contribution is -2.51. The van der Waals surface area contributed by atoms with Crippen LogP contribution in [0.2, 0.25) is 0 Å². The zero-order valence-electron chi connectivity index (χ0n) is 17.2. The molecule has 0 bridgehead atoms. The predicted octanol–water partition coefficient (Wildman–Crippen LogP) is 4.77. The Bertz CT molecular complexity index is 956. The Morgan fingerprint density at radius 1 is 1.07 bits per heavy atom. The second-order valence-electron chi connectivity index (χ2n) is 8.21. The van der Waals surface area contributed by atoms with E-state index in [1.165, 1.54) is 42.4 Å². The molecule has 6 heteroatoms. The maximum absolute atomic E-state index is 5.04. The summed E-state index contributed by atoms with van der Waals surface area (Å²) in [6.07, 6.45) is 11.7. The summed E-state index contributed by atoms with van der Waals surface area (Å²) in [6, 6.07) is 7.11. The van der Waals surface area contributed by atoms with Crippen LogP contribution in [0.15, 0.2) is 30.6 Å². The second kappa shape index (κ2) is 8.36. The fourth-order valence-electron chi connectivity index (χ4n) is 4.74. The smallest absolute Gasteiger partial charge is 0.164 e. The largest absolute Gasteiger partial charge is 0.353 e. The van der Waals surface area contributed by atoms with E-state index in [4.69, 9.17) is 9.97 Å². The molecule has 0 atom stereocenters. The van der Waals surface area contributed by atoms with Crippen LogP contribution in [0.3, 0.4) is 0 Å². The van der Waals surface area contributed by atoms with Crippen LogP contribution in [0.4, 0.5) is 5.82 Å². The molecule has 3 aromatic rings. The quantitative estimate of drug-likeness (QED) is 0.623. The summed E-state index contributed by atoms with van der Waals surface area (Å²) in [6.45, 7) is 6.59. The van der Waals surface area contributed by atoms with E-state index in [0.717, 1.165) is 60.7 Å². The van der Waals surface area contributed by atoms with Crippen molar-refractivity contribution in [2.45, 2.75) is 51.5 Å². The molecule has 1 aliphatic heterocycles. The molecule has 0 amide bonds. The van der Waals surface area contributed by atoms with Crippen molar-refractivity contribution in [1.82, 2.24) is 19.9 Å². The monoisotopic (exact) mass is 407 g/mol. The van der Waals surface area contributed by atoms with Crippen molar-refractivity contribution in [3.8, 4) is 11.4 Å². The summed E-state index contributed by atoms with van der Waals surface area (Å²) >= 11 is 1.80. The maximum Gasteiger partial charge on any atom is 0.164 e. The molecule has 29 heavy (non-hydrogen) atoms. The van der Waals surface area contributed by atoms with Crippen molar-refractivity contribution in [1.29, 1.82) is 0 Å². The van der Waals surface area contributed by atoms with E-state index in [1.807, 2.05) is 18.3 Å². The van der Waals surface area contributed by atoms with Gasteiger partial charge in [-0.1, -0.05) is 26.2 Å². The zero-order valence-corrected chi connectivity index (χ0v) is 18.0. The van der Waals surface area contributed by atoms with E-state index in [0.29, 0.717) is 0 Å². The van der Waals surface area contributed by atoms with Gasteiger partial charge in [0.25, 0.3) is 0 Å². The van der Waals surface area contributed by atoms with Crippen LogP contribution in [0.25, 0.3) is 21.6 Å². The van der Waals surface area contributed by atoms with Crippen LogP contribution >= 0.6 is 11.3 Å². The second-order valence-corrected chi connectivity index (χ2v) is 9.33. The standard InChI is InChI=1S/C23H29N5S/c1-2-19-15-20-22(25-21(26-23(20)29-19)17-7-6-10-24-16-17)28-13-11-27(12-14-28)18-8-4-3-5-9-18/h6-7,10,15-16,18H,2-5,8-9,11-14H2,1H3. The van der Waals surface area contributed by atoms with E-state index in [1.54, 1.807) is 17.5 Å². The highest BCUT2D eigenvalue weighted by molar-refractivity contribution is 7.18. The molecular weight excluding hydrogens is 378 g/mol. The van der Waals surface area contributed by atoms with E-state index in [-0.39, 0.29) is 0 Å². The first kappa shape index (κ1) is 18.9. The number of fused-ring (bicyclic) bond motifs is 1. The Labute approximate surface area is 176 Å². The van der Waals surface area contributed by atoms with Crippen LogP contribution in [-0.2, 0) is 6.42 Å². The van der Waals surface area contributed by atoms with Gasteiger partial charge < -0.3 is 4.90 Å². The zero-order chi connectivity index (χ0) is 19.6. The van der Waals surface area contributed by atoms with Crippen LogP contribution in [0.1, 0.15) is 43.9 Å². The molecule has 0 unspecified atom stereocenters. The lowest BCUT2D eigenvalue weighted by Gasteiger charge is -2.41. The summed E-state index contributed by atoms with van der Waals surface area (Å²) < 4.78 is 0. The minimum atomic E-state index is 0.791. The summed E-state index contributed by atoms with van der Waals surface area (Å²) in [7, 11) is 0. The number of anilines is 1. The van der Waals surface area contributed by atoms with Gasteiger partial charge in [0.1, 0.15) is 10.6 Å². The van der Waals surface area contributed by atoms with Gasteiger partial charge in [0.15, 0.2) is 5.82 Å². The van der Waals surface area contributed by atoms with Gasteiger partial charge in [-0.2, -0.15) is 0 Å². The average molecular weight is 408 g/mol. The van der Waals surface area contributed by atoms with Crippen LogP contribution < -0.4 is 4.90 Å². The lowest BCUT2D eigenvalue weighted by atomic mass is 9.94. The van der Waals surface area contributed by atoms with Gasteiger partial charge in [-0.05, 0) is 37.5 Å². The van der Waals surface area contributed by atoms with Gasteiger partial charge in [0.2, 0.25) is 0 Å². The number of thiophene rings is 1. The Balaban J connectivity index is 1.45. The molecule has 1 saturated carbocycles. The number of pyridine rings is 1. The van der Waals surface area contributed by atoms with Crippen molar-refractivity contribution in [2.24, 2.45) is 0 Å². The number of nitrogens with zero attached hydrogens (tertiary/aromatic N) is 5. The van der Waals surface area contributed by atoms with Gasteiger partial charge in [0, 0.05) is 55.1 Å². The molecule has 4 heterocycles. The first-order chi connectivity index (χ1) is 14.3. The fourth-order valence-corrected chi connectivity index (χ4v) is 5.70. The summed E-state index contributed by atoms with van der Waals surface area (Å²) in [5, 5.41) is 1.21. The van der Waals surface area contributed by atoms with Gasteiger partial charge in [0.05, 0.1) is 5.39 Å². The number of rotatable bonds is 4. The minimum absolute atomic E-state index is 0.791. The number of hydrogen-bond donors (Lipinski definition) is 0. The van der Waals surface area contributed by atoms with E-state index < -0.39 is 0 Å². The van der Waals surface area contributed by atoms with Gasteiger partial charge in [-0.15, -0.1) is 11.3 Å². The summed E-state index contributed by atoms with van der Waals surface area (Å²) in [4.78, 5) is 21.9. The van der Waals surface area contributed by atoms with E-state index >= 15 is 0 Å². The molecule has 2 aliphatic rings. The molecule has 1 saturated heterocycles. The molecule has 0 radical (unpaired) electrons. The number of piperazine rings is 1. The third-order valence-electron chi connectivity index (χ3n) is 6.40. The molecule has 0 spiro atoms. The molecule has 1 aliphatic carbocycles. The molecule has 3 aromatic heterocycles. The number of hydrogen-bond acceptors (Lipinski definition) is 6. The molecule has 5 nitrogen and oxygen atoms in total. The van der Waals surface area contributed by atoms with Gasteiger partial charge in [-0.25, -0.2) is 9.97 Å². The third kappa shape index (κ3) is 3.88.